The summed E-state index contributed by atoms with van der Waals surface area (Å²) >= 11 is 0. The zero-order valence-corrected chi connectivity index (χ0v) is 29.6. The lowest BCUT2D eigenvalue weighted by molar-refractivity contribution is 1.07. The molecule has 0 aliphatic carbocycles. The fourth-order valence-electron chi connectivity index (χ4n) is 8.21. The predicted octanol–water partition coefficient (Wildman–Crippen LogP) is 10.7. The molecule has 0 saturated heterocycles. The van der Waals surface area contributed by atoms with Crippen molar-refractivity contribution in [1.29, 1.82) is 0 Å². The van der Waals surface area contributed by atoms with Gasteiger partial charge in [-0.3, -0.25) is 4.79 Å². The fraction of sp³-hybridized carbons (Fsp3) is 0.381. The minimum Gasteiger partial charge on any atom is -0.354 e. The summed E-state index contributed by atoms with van der Waals surface area (Å²) in [6.45, 7) is 17.7. The van der Waals surface area contributed by atoms with Gasteiger partial charge in [0.05, 0.1) is 27.9 Å². The summed E-state index contributed by atoms with van der Waals surface area (Å²) in [6, 6.07) is 15.3. The summed E-state index contributed by atoms with van der Waals surface area (Å²) in [5.41, 5.74) is 20.0. The summed E-state index contributed by atoms with van der Waals surface area (Å²) in [5, 5.41) is 0. The number of benzene rings is 1. The number of hydrogen-bond donors (Lipinski definition) is 3. The van der Waals surface area contributed by atoms with Crippen LogP contribution in [0.25, 0.3) is 55.4 Å². The summed E-state index contributed by atoms with van der Waals surface area (Å²) < 4.78 is 0. The van der Waals surface area contributed by atoms with Crippen LogP contribution in [0.5, 0.6) is 0 Å². The van der Waals surface area contributed by atoms with Crippen molar-refractivity contribution in [3.8, 4) is 11.1 Å². The molecule has 5 heterocycles. The lowest BCUT2D eigenvalue weighted by atomic mass is 9.93. The average molecular weight is 627 g/mol. The molecule has 1 aromatic carbocycles. The third kappa shape index (κ3) is 5.24. The molecule has 0 atom stereocenters. The van der Waals surface area contributed by atoms with Crippen molar-refractivity contribution in [3.63, 3.8) is 0 Å². The first-order chi connectivity index (χ1) is 22.9. The summed E-state index contributed by atoms with van der Waals surface area (Å²) in [5.74, 6) is 0. The SMILES string of the molecule is CCC1=C(CC)c2nc1cc1[nH]c(c(CC)c1CC)c(=O)c1[nH]c(cc3[nH]c(c(CC)c3CC)c2-c2ccccc2)c(CC)c1CC. The molecule has 5 heteroatoms. The van der Waals surface area contributed by atoms with E-state index in [4.69, 9.17) is 4.98 Å². The molecule has 6 rings (SSSR count). The first-order valence-electron chi connectivity index (χ1n) is 18.0. The minimum atomic E-state index is 0.0486. The van der Waals surface area contributed by atoms with E-state index in [0.717, 1.165) is 95.9 Å². The zero-order chi connectivity index (χ0) is 33.4. The standard InChI is InChI=1S/C42H50N4O/c1-9-25-29(13-5)38-37(24-20-18-17-19-21-24)39-30(14-6)26(10-2)34(44-39)23-36-28(12-4)32(16-8)41(46-36)42(47)40-31(15-7)27(11-3)35(45-40)22-33(25)43-38/h17-23,43,45-46H,9-16H2,1-8H3. The van der Waals surface area contributed by atoms with Gasteiger partial charge in [-0.25, -0.2) is 4.98 Å². The third-order valence-electron chi connectivity index (χ3n) is 10.3. The van der Waals surface area contributed by atoms with Gasteiger partial charge in [-0.2, -0.15) is 0 Å². The smallest absolute Gasteiger partial charge is 0.225 e. The van der Waals surface area contributed by atoms with E-state index in [2.05, 4.69) is 113 Å². The lowest BCUT2D eigenvalue weighted by Gasteiger charge is -2.10. The Balaban J connectivity index is 1.98. The van der Waals surface area contributed by atoms with Crippen LogP contribution < -0.4 is 5.43 Å². The molecule has 4 aromatic heterocycles. The summed E-state index contributed by atoms with van der Waals surface area (Å²) in [6.07, 6.45) is 6.84. The number of fused-ring (bicyclic) bond motifs is 8. The molecule has 0 spiro atoms. The Morgan fingerprint density at radius 3 is 1.43 bits per heavy atom. The molecule has 0 unspecified atom stereocenters. The maximum atomic E-state index is 14.6. The van der Waals surface area contributed by atoms with Crippen LogP contribution >= 0.6 is 0 Å². The van der Waals surface area contributed by atoms with Gasteiger partial charge in [0.25, 0.3) is 0 Å². The monoisotopic (exact) mass is 626 g/mol. The summed E-state index contributed by atoms with van der Waals surface area (Å²) in [4.78, 5) is 31.4. The number of hydrogen-bond acceptors (Lipinski definition) is 2. The predicted molar refractivity (Wildman–Crippen MR) is 202 cm³/mol. The Bertz CT molecular complexity index is 2190. The molecule has 0 fully saturated rings. The quantitative estimate of drug-likeness (QED) is 0.152. The van der Waals surface area contributed by atoms with Crippen LogP contribution in [0.1, 0.15) is 113 Å². The largest absolute Gasteiger partial charge is 0.354 e. The Kier molecular flexibility index (Phi) is 9.27. The fourth-order valence-corrected chi connectivity index (χ4v) is 8.21. The highest BCUT2D eigenvalue weighted by Crippen LogP contribution is 2.42. The van der Waals surface area contributed by atoms with E-state index in [0.29, 0.717) is 11.0 Å². The summed E-state index contributed by atoms with van der Waals surface area (Å²) in [7, 11) is 0. The minimum absolute atomic E-state index is 0.0486. The maximum absolute atomic E-state index is 14.6. The van der Waals surface area contributed by atoms with Gasteiger partial charge in [0.15, 0.2) is 0 Å². The molecular formula is C42H50N4O. The molecule has 0 saturated carbocycles. The van der Waals surface area contributed by atoms with Crippen molar-refractivity contribution in [2.24, 2.45) is 0 Å². The van der Waals surface area contributed by atoms with Crippen LogP contribution in [-0.2, 0) is 38.5 Å². The number of aromatic nitrogens is 4. The number of rotatable bonds is 9. The van der Waals surface area contributed by atoms with Gasteiger partial charge in [-0.1, -0.05) is 85.7 Å². The van der Waals surface area contributed by atoms with E-state index in [1.165, 1.54) is 44.5 Å². The molecule has 8 bridgehead atoms. The maximum Gasteiger partial charge on any atom is 0.225 e. The van der Waals surface area contributed by atoms with Gasteiger partial charge in [0, 0.05) is 22.1 Å². The van der Waals surface area contributed by atoms with E-state index in [9.17, 15) is 4.79 Å². The Morgan fingerprint density at radius 1 is 0.511 bits per heavy atom. The molecule has 47 heavy (non-hydrogen) atoms. The van der Waals surface area contributed by atoms with Crippen molar-refractivity contribution >= 4 is 44.2 Å². The van der Waals surface area contributed by atoms with Crippen LogP contribution in [0, 0.1) is 0 Å². The van der Waals surface area contributed by atoms with E-state index in [1.54, 1.807) is 0 Å². The second-order valence-corrected chi connectivity index (χ2v) is 12.6. The Labute approximate surface area is 278 Å². The number of H-pyrrole nitrogens is 3. The van der Waals surface area contributed by atoms with E-state index < -0.39 is 0 Å². The number of nitrogens with one attached hydrogen (secondary N) is 3. The first-order valence-corrected chi connectivity index (χ1v) is 18.0. The van der Waals surface area contributed by atoms with Crippen LogP contribution in [-0.4, -0.2) is 19.9 Å². The van der Waals surface area contributed by atoms with Gasteiger partial charge in [-0.15, -0.1) is 0 Å². The number of allylic oxidation sites excluding steroid dienone is 2. The van der Waals surface area contributed by atoms with Crippen LogP contribution in [0.3, 0.4) is 0 Å². The Morgan fingerprint density at radius 2 is 0.957 bits per heavy atom. The van der Waals surface area contributed by atoms with E-state index in [1.807, 2.05) is 0 Å². The van der Waals surface area contributed by atoms with Crippen LogP contribution in [0.4, 0.5) is 0 Å². The molecule has 5 aromatic rings. The molecule has 1 aliphatic rings. The second kappa shape index (κ2) is 13.4. The van der Waals surface area contributed by atoms with Crippen molar-refractivity contribution in [3.05, 3.63) is 97.5 Å². The highest BCUT2D eigenvalue weighted by atomic mass is 16.1. The molecular weight excluding hydrogens is 576 g/mol. The lowest BCUT2D eigenvalue weighted by Crippen LogP contribution is -2.04. The van der Waals surface area contributed by atoms with Crippen molar-refractivity contribution in [1.82, 2.24) is 19.9 Å². The zero-order valence-electron chi connectivity index (χ0n) is 29.6. The molecule has 244 valence electrons. The van der Waals surface area contributed by atoms with Gasteiger partial charge >= 0.3 is 0 Å². The first kappa shape index (κ1) is 32.6. The van der Waals surface area contributed by atoms with Crippen molar-refractivity contribution < 1.29 is 0 Å². The van der Waals surface area contributed by atoms with E-state index >= 15 is 0 Å². The molecule has 0 radical (unpaired) electrons. The van der Waals surface area contributed by atoms with Gasteiger partial charge in [0.1, 0.15) is 0 Å². The second-order valence-electron chi connectivity index (χ2n) is 12.6. The van der Waals surface area contributed by atoms with Crippen molar-refractivity contribution in [2.75, 3.05) is 0 Å². The Hall–Kier alpha value is -4.38. The van der Waals surface area contributed by atoms with Crippen LogP contribution in [0.2, 0.25) is 0 Å². The molecule has 0 amide bonds. The van der Waals surface area contributed by atoms with E-state index in [-0.39, 0.29) is 5.43 Å². The van der Waals surface area contributed by atoms with Gasteiger partial charge in [0.2, 0.25) is 5.43 Å². The van der Waals surface area contributed by atoms with Crippen molar-refractivity contribution in [2.45, 2.75) is 107 Å². The highest BCUT2D eigenvalue weighted by Gasteiger charge is 2.25. The van der Waals surface area contributed by atoms with Gasteiger partial charge in [-0.05, 0) is 114 Å². The number of nitrogens with zero attached hydrogens (tertiary/aromatic N) is 1. The number of aryl methyl sites for hydroxylation is 6. The molecule has 3 N–H and O–H groups in total. The van der Waals surface area contributed by atoms with Crippen LogP contribution in [0.15, 0.2) is 47.3 Å². The average Bonchev–Trinajstić information content (AvgIpc) is 3.84. The molecule has 5 nitrogen and oxygen atoms in total. The highest BCUT2D eigenvalue weighted by molar-refractivity contribution is 6.01. The molecule has 1 aliphatic heterocycles. The topological polar surface area (TPSA) is 77.3 Å². The number of aromatic amines is 3. The van der Waals surface area contributed by atoms with Gasteiger partial charge < -0.3 is 15.0 Å². The normalized spacial score (nSPS) is 12.5. The third-order valence-corrected chi connectivity index (χ3v) is 10.3.